The molecule has 1 aromatic rings. The SMILES string of the molecule is Cc1ccc(O)c(C(=O)N(CCCO)C2CCC2)c1. The summed E-state index contributed by atoms with van der Waals surface area (Å²) in [5.41, 5.74) is 1.32. The Kier molecular flexibility index (Phi) is 4.43. The topological polar surface area (TPSA) is 60.8 Å². The highest BCUT2D eigenvalue weighted by molar-refractivity contribution is 5.97. The van der Waals surface area contributed by atoms with Crippen LogP contribution in [0.5, 0.6) is 5.75 Å². The van der Waals surface area contributed by atoms with Crippen LogP contribution in [0.2, 0.25) is 0 Å². The number of benzene rings is 1. The first-order valence-corrected chi connectivity index (χ1v) is 6.85. The molecule has 0 saturated heterocycles. The van der Waals surface area contributed by atoms with Crippen LogP contribution in [-0.2, 0) is 0 Å². The molecule has 1 aromatic carbocycles. The van der Waals surface area contributed by atoms with Crippen molar-refractivity contribution in [2.45, 2.75) is 38.6 Å². The third kappa shape index (κ3) is 3.07. The molecule has 104 valence electrons. The van der Waals surface area contributed by atoms with Crippen LogP contribution >= 0.6 is 0 Å². The normalized spacial score (nSPS) is 15.1. The van der Waals surface area contributed by atoms with E-state index in [1.165, 1.54) is 0 Å². The number of aryl methyl sites for hydroxylation is 1. The number of hydrogen-bond acceptors (Lipinski definition) is 3. The van der Waals surface area contributed by atoms with Crippen molar-refractivity contribution in [1.29, 1.82) is 0 Å². The maximum absolute atomic E-state index is 12.5. The average molecular weight is 263 g/mol. The Bertz CT molecular complexity index is 455. The zero-order valence-electron chi connectivity index (χ0n) is 11.3. The summed E-state index contributed by atoms with van der Waals surface area (Å²) in [7, 11) is 0. The summed E-state index contributed by atoms with van der Waals surface area (Å²) < 4.78 is 0. The van der Waals surface area contributed by atoms with Gasteiger partial charge in [-0.3, -0.25) is 4.79 Å². The first-order valence-electron chi connectivity index (χ1n) is 6.85. The number of carbonyl (C=O) groups is 1. The van der Waals surface area contributed by atoms with Gasteiger partial charge >= 0.3 is 0 Å². The summed E-state index contributed by atoms with van der Waals surface area (Å²) in [6.45, 7) is 2.53. The molecular weight excluding hydrogens is 242 g/mol. The highest BCUT2D eigenvalue weighted by atomic mass is 16.3. The van der Waals surface area contributed by atoms with Crippen LogP contribution in [0.1, 0.15) is 41.6 Å². The molecular formula is C15H21NO3. The van der Waals surface area contributed by atoms with Crippen LogP contribution in [0, 0.1) is 6.92 Å². The molecule has 0 bridgehead atoms. The van der Waals surface area contributed by atoms with Crippen LogP contribution in [0.15, 0.2) is 18.2 Å². The van der Waals surface area contributed by atoms with Gasteiger partial charge in [-0.2, -0.15) is 0 Å². The molecule has 0 aliphatic heterocycles. The molecule has 1 amide bonds. The highest BCUT2D eigenvalue weighted by Gasteiger charge is 2.30. The van der Waals surface area contributed by atoms with Crippen molar-refractivity contribution in [1.82, 2.24) is 4.90 Å². The second-order valence-corrected chi connectivity index (χ2v) is 5.18. The van der Waals surface area contributed by atoms with Gasteiger partial charge in [0.2, 0.25) is 0 Å². The standard InChI is InChI=1S/C15H21NO3/c1-11-6-7-14(18)13(10-11)15(19)16(8-3-9-17)12-4-2-5-12/h6-7,10,12,17-18H,2-5,8-9H2,1H3. The minimum Gasteiger partial charge on any atom is -0.507 e. The molecule has 4 heteroatoms. The fourth-order valence-electron chi connectivity index (χ4n) is 2.37. The van der Waals surface area contributed by atoms with E-state index in [0.29, 0.717) is 18.5 Å². The molecule has 0 aromatic heterocycles. The lowest BCUT2D eigenvalue weighted by atomic mass is 9.90. The third-order valence-electron chi connectivity index (χ3n) is 3.72. The van der Waals surface area contributed by atoms with Gasteiger partial charge in [0.1, 0.15) is 5.75 Å². The Morgan fingerprint density at radius 2 is 2.16 bits per heavy atom. The number of phenols is 1. The Labute approximate surface area is 113 Å². The smallest absolute Gasteiger partial charge is 0.257 e. The summed E-state index contributed by atoms with van der Waals surface area (Å²) in [6, 6.07) is 5.34. The second-order valence-electron chi connectivity index (χ2n) is 5.18. The molecule has 0 radical (unpaired) electrons. The van der Waals surface area contributed by atoms with E-state index in [0.717, 1.165) is 24.8 Å². The van der Waals surface area contributed by atoms with Gasteiger partial charge in [-0.05, 0) is 44.7 Å². The zero-order chi connectivity index (χ0) is 13.8. The van der Waals surface area contributed by atoms with Crippen LogP contribution in [0.3, 0.4) is 0 Å². The molecule has 0 heterocycles. The van der Waals surface area contributed by atoms with Crippen molar-refractivity contribution in [3.05, 3.63) is 29.3 Å². The summed E-state index contributed by atoms with van der Waals surface area (Å²) in [6.07, 6.45) is 3.76. The minimum atomic E-state index is -0.126. The van der Waals surface area contributed by atoms with Crippen LogP contribution < -0.4 is 0 Å². The molecule has 1 aliphatic rings. The molecule has 2 N–H and O–H groups in total. The fourth-order valence-corrected chi connectivity index (χ4v) is 2.37. The van der Waals surface area contributed by atoms with Gasteiger partial charge in [0, 0.05) is 19.2 Å². The summed E-state index contributed by atoms with van der Waals surface area (Å²) in [5, 5.41) is 18.8. The molecule has 2 rings (SSSR count). The van der Waals surface area contributed by atoms with E-state index in [4.69, 9.17) is 5.11 Å². The van der Waals surface area contributed by atoms with Crippen molar-refractivity contribution in [2.75, 3.05) is 13.2 Å². The van der Waals surface area contributed by atoms with E-state index in [9.17, 15) is 9.90 Å². The van der Waals surface area contributed by atoms with Crippen LogP contribution in [0.4, 0.5) is 0 Å². The summed E-state index contributed by atoms with van der Waals surface area (Å²) in [5.74, 6) is -0.0942. The van der Waals surface area contributed by atoms with Crippen molar-refractivity contribution in [2.24, 2.45) is 0 Å². The van der Waals surface area contributed by atoms with Gasteiger partial charge in [-0.15, -0.1) is 0 Å². The number of aliphatic hydroxyl groups is 1. The number of rotatable bonds is 5. The molecule has 1 saturated carbocycles. The Balaban J connectivity index is 2.19. The van der Waals surface area contributed by atoms with Crippen molar-refractivity contribution in [3.63, 3.8) is 0 Å². The fraction of sp³-hybridized carbons (Fsp3) is 0.533. The summed E-state index contributed by atoms with van der Waals surface area (Å²) in [4.78, 5) is 14.3. The molecule has 0 atom stereocenters. The third-order valence-corrected chi connectivity index (χ3v) is 3.72. The van der Waals surface area contributed by atoms with Gasteiger partial charge in [0.05, 0.1) is 5.56 Å². The molecule has 0 unspecified atom stereocenters. The quantitative estimate of drug-likeness (QED) is 0.855. The van der Waals surface area contributed by atoms with E-state index < -0.39 is 0 Å². The lowest BCUT2D eigenvalue weighted by molar-refractivity contribution is 0.0559. The molecule has 0 spiro atoms. The lowest BCUT2D eigenvalue weighted by Crippen LogP contribution is -2.45. The minimum absolute atomic E-state index is 0.0314. The van der Waals surface area contributed by atoms with Gasteiger partial charge in [0.25, 0.3) is 5.91 Å². The van der Waals surface area contributed by atoms with E-state index in [-0.39, 0.29) is 24.3 Å². The molecule has 1 fully saturated rings. The van der Waals surface area contributed by atoms with Crippen molar-refractivity contribution in [3.8, 4) is 5.75 Å². The van der Waals surface area contributed by atoms with Crippen molar-refractivity contribution >= 4 is 5.91 Å². The Morgan fingerprint density at radius 1 is 1.42 bits per heavy atom. The Morgan fingerprint density at radius 3 is 2.74 bits per heavy atom. The van der Waals surface area contributed by atoms with Crippen molar-refractivity contribution < 1.29 is 15.0 Å². The largest absolute Gasteiger partial charge is 0.507 e. The monoisotopic (exact) mass is 263 g/mol. The van der Waals surface area contributed by atoms with E-state index >= 15 is 0 Å². The number of aliphatic hydroxyl groups excluding tert-OH is 1. The van der Waals surface area contributed by atoms with Crippen LogP contribution in [-0.4, -0.2) is 40.2 Å². The van der Waals surface area contributed by atoms with E-state index in [2.05, 4.69) is 0 Å². The highest BCUT2D eigenvalue weighted by Crippen LogP contribution is 2.28. The van der Waals surface area contributed by atoms with E-state index in [1.807, 2.05) is 6.92 Å². The predicted octanol–water partition coefficient (Wildman–Crippen LogP) is 2.08. The zero-order valence-corrected chi connectivity index (χ0v) is 11.3. The number of nitrogens with zero attached hydrogens (tertiary/aromatic N) is 1. The van der Waals surface area contributed by atoms with Gasteiger partial charge < -0.3 is 15.1 Å². The number of carbonyl (C=O) groups excluding carboxylic acids is 1. The number of hydrogen-bond donors (Lipinski definition) is 2. The van der Waals surface area contributed by atoms with Gasteiger partial charge in [-0.1, -0.05) is 11.6 Å². The molecule has 4 nitrogen and oxygen atoms in total. The maximum Gasteiger partial charge on any atom is 0.257 e. The molecule has 19 heavy (non-hydrogen) atoms. The first-order chi connectivity index (χ1) is 9.13. The van der Waals surface area contributed by atoms with Gasteiger partial charge in [0.15, 0.2) is 0 Å². The predicted molar refractivity (Wildman–Crippen MR) is 73.2 cm³/mol. The van der Waals surface area contributed by atoms with Gasteiger partial charge in [-0.25, -0.2) is 0 Å². The Hall–Kier alpha value is -1.55. The number of aromatic hydroxyl groups is 1. The average Bonchev–Trinajstić information content (AvgIpc) is 2.34. The second kappa shape index (κ2) is 6.06. The molecule has 1 aliphatic carbocycles. The maximum atomic E-state index is 12.5. The lowest BCUT2D eigenvalue weighted by Gasteiger charge is -2.37. The van der Waals surface area contributed by atoms with Crippen LogP contribution in [0.25, 0.3) is 0 Å². The summed E-state index contributed by atoms with van der Waals surface area (Å²) >= 11 is 0. The van der Waals surface area contributed by atoms with E-state index in [1.54, 1.807) is 23.1 Å². The first kappa shape index (κ1) is 13.9. The number of amides is 1. The number of phenolic OH excluding ortho intramolecular Hbond substituents is 1.